The third kappa shape index (κ3) is 13.3. The molecule has 0 aromatic carbocycles. The number of carboxylic acid groups (broad SMARTS) is 1. The van der Waals surface area contributed by atoms with E-state index in [9.17, 15) is 9.59 Å². The molecule has 0 saturated carbocycles. The number of carbonyl (C=O) groups excluding carboxylic acids is 1. The molecule has 0 aliphatic heterocycles. The van der Waals surface area contributed by atoms with E-state index in [2.05, 4.69) is 6.92 Å². The van der Waals surface area contributed by atoms with Crippen LogP contribution >= 0.6 is 0 Å². The van der Waals surface area contributed by atoms with Crippen LogP contribution < -0.4 is 5.73 Å². The van der Waals surface area contributed by atoms with Crippen LogP contribution in [-0.4, -0.2) is 23.4 Å². The van der Waals surface area contributed by atoms with Crippen molar-refractivity contribution in [3.05, 3.63) is 0 Å². The van der Waals surface area contributed by atoms with Gasteiger partial charge in [-0.25, -0.2) is 0 Å². The molecule has 0 aromatic rings. The zero-order chi connectivity index (χ0) is 17.3. The van der Waals surface area contributed by atoms with Crippen LogP contribution in [0.15, 0.2) is 0 Å². The first-order chi connectivity index (χ1) is 11.1. The second-order valence-corrected chi connectivity index (χ2v) is 6.59. The summed E-state index contributed by atoms with van der Waals surface area (Å²) in [5, 5.41) is 8.85. The van der Waals surface area contributed by atoms with Crippen LogP contribution in [0.25, 0.3) is 0 Å². The summed E-state index contributed by atoms with van der Waals surface area (Å²) in [6, 6.07) is 0. The average Bonchev–Trinajstić information content (AvgIpc) is 2.52. The lowest BCUT2D eigenvalue weighted by Gasteiger charge is -2.08. The minimum absolute atomic E-state index is 0.0907. The summed E-state index contributed by atoms with van der Waals surface area (Å²) in [5.41, 5.74) is 5.32. The Hall–Kier alpha value is -0.900. The molecular formula is C19H37NO3. The number of unbranched alkanes of at least 4 members (excludes halogenated alkanes) is 12. The molecule has 0 amide bonds. The van der Waals surface area contributed by atoms with Gasteiger partial charge in [0.05, 0.1) is 0 Å². The summed E-state index contributed by atoms with van der Waals surface area (Å²) in [4.78, 5) is 22.5. The summed E-state index contributed by atoms with van der Waals surface area (Å²) >= 11 is 0. The monoisotopic (exact) mass is 327 g/mol. The van der Waals surface area contributed by atoms with Crippen LogP contribution in [0.2, 0.25) is 0 Å². The highest BCUT2D eigenvalue weighted by molar-refractivity contribution is 5.98. The van der Waals surface area contributed by atoms with Crippen LogP contribution in [0.1, 0.15) is 96.8 Å². The first-order valence-electron chi connectivity index (χ1n) is 9.59. The van der Waals surface area contributed by atoms with Crippen molar-refractivity contribution in [3.63, 3.8) is 0 Å². The number of carboxylic acids is 1. The summed E-state index contributed by atoms with van der Waals surface area (Å²) in [6.07, 6.45) is 16.7. The van der Waals surface area contributed by atoms with Gasteiger partial charge in [0.1, 0.15) is 11.7 Å². The molecule has 3 N–H and O–H groups in total. The molecule has 136 valence electrons. The predicted molar refractivity (Wildman–Crippen MR) is 95.5 cm³/mol. The number of carbonyl (C=O) groups is 2. The Balaban J connectivity index is 3.30. The van der Waals surface area contributed by atoms with E-state index in [0.29, 0.717) is 6.42 Å². The van der Waals surface area contributed by atoms with Crippen molar-refractivity contribution in [1.82, 2.24) is 0 Å². The standard InChI is InChI=1S/C19H37NO3/c1-2-3-4-5-6-7-8-9-10-11-12-13-14-15-18(21)17(16-20)19(22)23/h17H,2-16,20H2,1H3,(H,22,23). The van der Waals surface area contributed by atoms with Crippen LogP contribution in [0, 0.1) is 5.92 Å². The van der Waals surface area contributed by atoms with Gasteiger partial charge in [0.2, 0.25) is 0 Å². The van der Waals surface area contributed by atoms with Crippen molar-refractivity contribution >= 4 is 11.8 Å². The fourth-order valence-electron chi connectivity index (χ4n) is 2.86. The van der Waals surface area contributed by atoms with Gasteiger partial charge in [-0.1, -0.05) is 84.0 Å². The van der Waals surface area contributed by atoms with Crippen molar-refractivity contribution in [2.24, 2.45) is 11.7 Å². The highest BCUT2D eigenvalue weighted by atomic mass is 16.4. The molecule has 0 rings (SSSR count). The van der Waals surface area contributed by atoms with Gasteiger partial charge in [-0.05, 0) is 6.42 Å². The van der Waals surface area contributed by atoms with Crippen molar-refractivity contribution < 1.29 is 14.7 Å². The number of rotatable bonds is 17. The second kappa shape index (κ2) is 16.0. The summed E-state index contributed by atoms with van der Waals surface area (Å²) in [7, 11) is 0. The number of hydrogen-bond donors (Lipinski definition) is 2. The van der Waals surface area contributed by atoms with Crippen LogP contribution in [0.3, 0.4) is 0 Å². The smallest absolute Gasteiger partial charge is 0.315 e. The molecule has 0 radical (unpaired) electrons. The SMILES string of the molecule is CCCCCCCCCCCCCCCC(=O)C(CN)C(=O)O. The lowest BCUT2D eigenvalue weighted by Crippen LogP contribution is -2.30. The maximum Gasteiger partial charge on any atom is 0.315 e. The molecular weight excluding hydrogens is 290 g/mol. The van der Waals surface area contributed by atoms with Gasteiger partial charge < -0.3 is 10.8 Å². The molecule has 0 bridgehead atoms. The number of nitrogens with two attached hydrogens (primary N) is 1. The molecule has 0 aliphatic carbocycles. The zero-order valence-electron chi connectivity index (χ0n) is 15.0. The second-order valence-electron chi connectivity index (χ2n) is 6.59. The van der Waals surface area contributed by atoms with E-state index in [1.807, 2.05) is 0 Å². The van der Waals surface area contributed by atoms with Gasteiger partial charge in [0, 0.05) is 13.0 Å². The fraction of sp³-hybridized carbons (Fsp3) is 0.895. The maximum atomic E-state index is 11.7. The van der Waals surface area contributed by atoms with E-state index in [4.69, 9.17) is 10.8 Å². The molecule has 1 atom stereocenters. The van der Waals surface area contributed by atoms with Gasteiger partial charge >= 0.3 is 5.97 Å². The molecule has 0 fully saturated rings. The Morgan fingerprint density at radius 3 is 1.52 bits per heavy atom. The van der Waals surface area contributed by atoms with E-state index in [1.165, 1.54) is 64.2 Å². The Bertz CT molecular complexity index is 305. The number of aliphatic carboxylic acids is 1. The minimum atomic E-state index is -1.09. The third-order valence-corrected chi connectivity index (χ3v) is 4.45. The van der Waals surface area contributed by atoms with Crippen molar-refractivity contribution in [2.45, 2.75) is 96.8 Å². The first-order valence-corrected chi connectivity index (χ1v) is 9.59. The van der Waals surface area contributed by atoms with Gasteiger partial charge in [-0.15, -0.1) is 0 Å². The summed E-state index contributed by atoms with van der Waals surface area (Å²) in [5.74, 6) is -2.32. The quantitative estimate of drug-likeness (QED) is 0.300. The molecule has 0 heterocycles. The fourth-order valence-corrected chi connectivity index (χ4v) is 2.86. The van der Waals surface area contributed by atoms with E-state index < -0.39 is 11.9 Å². The van der Waals surface area contributed by atoms with Crippen molar-refractivity contribution in [3.8, 4) is 0 Å². The molecule has 0 saturated heterocycles. The number of ketones is 1. The molecule has 0 aromatic heterocycles. The predicted octanol–water partition coefficient (Wildman–Crippen LogP) is 4.70. The van der Waals surface area contributed by atoms with Crippen molar-refractivity contribution in [1.29, 1.82) is 0 Å². The van der Waals surface area contributed by atoms with E-state index in [-0.39, 0.29) is 12.3 Å². The van der Waals surface area contributed by atoms with E-state index in [1.54, 1.807) is 0 Å². The lowest BCUT2D eigenvalue weighted by atomic mass is 9.98. The van der Waals surface area contributed by atoms with Gasteiger partial charge in [0.25, 0.3) is 0 Å². The largest absolute Gasteiger partial charge is 0.481 e. The minimum Gasteiger partial charge on any atom is -0.481 e. The Morgan fingerprint density at radius 1 is 0.783 bits per heavy atom. The first kappa shape index (κ1) is 22.1. The number of hydrogen-bond acceptors (Lipinski definition) is 3. The molecule has 23 heavy (non-hydrogen) atoms. The van der Waals surface area contributed by atoms with Crippen LogP contribution in [0.4, 0.5) is 0 Å². The lowest BCUT2D eigenvalue weighted by molar-refractivity contribution is -0.145. The van der Waals surface area contributed by atoms with E-state index in [0.717, 1.165) is 19.3 Å². The molecule has 4 nitrogen and oxygen atoms in total. The Morgan fingerprint density at radius 2 is 1.17 bits per heavy atom. The molecule has 0 spiro atoms. The average molecular weight is 328 g/mol. The highest BCUT2D eigenvalue weighted by Gasteiger charge is 2.23. The Labute approximate surface area is 142 Å². The summed E-state index contributed by atoms with van der Waals surface area (Å²) in [6.45, 7) is 2.16. The maximum absolute atomic E-state index is 11.7. The topological polar surface area (TPSA) is 80.4 Å². The van der Waals surface area contributed by atoms with Gasteiger partial charge in [-0.3, -0.25) is 9.59 Å². The normalized spacial score (nSPS) is 12.3. The van der Waals surface area contributed by atoms with Crippen LogP contribution in [0.5, 0.6) is 0 Å². The van der Waals surface area contributed by atoms with Crippen LogP contribution in [-0.2, 0) is 9.59 Å². The molecule has 1 unspecified atom stereocenters. The molecule has 4 heteroatoms. The highest BCUT2D eigenvalue weighted by Crippen LogP contribution is 2.13. The van der Waals surface area contributed by atoms with E-state index >= 15 is 0 Å². The van der Waals surface area contributed by atoms with Gasteiger partial charge in [-0.2, -0.15) is 0 Å². The zero-order valence-corrected chi connectivity index (χ0v) is 15.0. The Kier molecular flexibility index (Phi) is 15.4. The summed E-state index contributed by atoms with van der Waals surface area (Å²) < 4.78 is 0. The van der Waals surface area contributed by atoms with Crippen molar-refractivity contribution in [2.75, 3.05) is 6.54 Å². The third-order valence-electron chi connectivity index (χ3n) is 4.45. The number of Topliss-reactive ketones (excluding diaryl/α,β-unsaturated/α-hetero) is 1. The van der Waals surface area contributed by atoms with Gasteiger partial charge in [0.15, 0.2) is 0 Å². The molecule has 0 aliphatic rings.